The number of carbonyl (C=O) groups is 4. The zero-order chi connectivity index (χ0) is 45.9. The number of hydrogen-bond donors (Lipinski definition) is 2. The molecule has 5 aromatic rings. The van der Waals surface area contributed by atoms with Crippen LogP contribution in [0.1, 0.15) is 79.0 Å². The lowest BCUT2D eigenvalue weighted by molar-refractivity contribution is -0.109. The van der Waals surface area contributed by atoms with Crippen LogP contribution in [0.3, 0.4) is 0 Å². The number of benzene rings is 3. The van der Waals surface area contributed by atoms with Crippen molar-refractivity contribution in [2.24, 2.45) is 5.92 Å². The number of nitrogens with zero attached hydrogens (tertiary/aromatic N) is 8. The van der Waals surface area contributed by atoms with E-state index in [1.807, 2.05) is 68.7 Å². The lowest BCUT2D eigenvalue weighted by Crippen LogP contribution is -2.46. The van der Waals surface area contributed by atoms with Gasteiger partial charge in [0.05, 0.1) is 17.3 Å². The van der Waals surface area contributed by atoms with Gasteiger partial charge < -0.3 is 34.7 Å². The molecule has 1 unspecified atom stereocenters. The fourth-order valence-corrected chi connectivity index (χ4v) is 9.13. The van der Waals surface area contributed by atoms with Crippen LogP contribution in [0.15, 0.2) is 65.7 Å². The zero-order valence-corrected chi connectivity index (χ0v) is 38.2. The Morgan fingerprint density at radius 3 is 2.28 bits per heavy atom. The largest absolute Gasteiger partial charge is 0.371 e. The molecule has 3 aromatic carbocycles. The Bertz CT molecular complexity index is 2400. The van der Waals surface area contributed by atoms with Crippen molar-refractivity contribution in [3.8, 4) is 11.3 Å². The molecule has 340 valence electrons. The molecule has 1 atom stereocenters. The van der Waals surface area contributed by atoms with Crippen LogP contribution < -0.4 is 15.5 Å². The first kappa shape index (κ1) is 47.7. The number of anilines is 3. The van der Waals surface area contributed by atoms with Crippen molar-refractivity contribution < 1.29 is 28.0 Å². The Morgan fingerprint density at radius 2 is 1.64 bits per heavy atom. The van der Waals surface area contributed by atoms with Gasteiger partial charge in [-0.2, -0.15) is 0 Å². The molecule has 14 nitrogen and oxygen atoms in total. The van der Waals surface area contributed by atoms with Crippen LogP contribution >= 0.6 is 11.9 Å². The van der Waals surface area contributed by atoms with Gasteiger partial charge in [-0.05, 0) is 119 Å². The minimum absolute atomic E-state index is 0.00729. The van der Waals surface area contributed by atoms with Gasteiger partial charge in [0.15, 0.2) is 17.9 Å². The highest BCUT2D eigenvalue weighted by atomic mass is 32.2. The number of aromatic nitrogens is 4. The minimum Gasteiger partial charge on any atom is -0.371 e. The number of piperazine rings is 1. The van der Waals surface area contributed by atoms with E-state index in [1.165, 1.54) is 6.07 Å². The maximum absolute atomic E-state index is 15.2. The summed E-state index contributed by atoms with van der Waals surface area (Å²) in [6.45, 7) is 14.4. The SMILES string of the molecule is CNC=O.Cc1nc2c(F)cc(-c3nc(Nc4ccc(SN5CCN(CC6CCN(c7ccc(C=O)c(C(=O)N(C)C(C)CCC=O)c7)CC6)CC5)cc4)ncc3F)cc2n1C(C)C. The van der Waals surface area contributed by atoms with Crippen molar-refractivity contribution in [1.82, 2.24) is 38.9 Å². The fraction of sp³-hybridized carbons (Fsp3) is 0.426. The number of aryl methyl sites for hydroxylation is 1. The molecule has 2 aliphatic heterocycles. The van der Waals surface area contributed by atoms with E-state index in [4.69, 9.17) is 4.79 Å². The second-order valence-corrected chi connectivity index (χ2v) is 17.7. The number of amides is 2. The summed E-state index contributed by atoms with van der Waals surface area (Å²) in [7, 11) is 3.29. The van der Waals surface area contributed by atoms with E-state index >= 15 is 8.78 Å². The summed E-state index contributed by atoms with van der Waals surface area (Å²) in [6, 6.07) is 16.4. The van der Waals surface area contributed by atoms with Crippen molar-refractivity contribution >= 4 is 65.2 Å². The first-order valence-corrected chi connectivity index (χ1v) is 22.5. The van der Waals surface area contributed by atoms with E-state index in [0.717, 1.165) is 93.7 Å². The molecule has 17 heteroatoms. The van der Waals surface area contributed by atoms with Gasteiger partial charge in [0.25, 0.3) is 5.91 Å². The Hall–Kier alpha value is -5.78. The molecule has 0 spiro atoms. The Labute approximate surface area is 377 Å². The summed E-state index contributed by atoms with van der Waals surface area (Å²) in [5, 5.41) is 5.42. The van der Waals surface area contributed by atoms with E-state index in [1.54, 1.807) is 43.1 Å². The summed E-state index contributed by atoms with van der Waals surface area (Å²) in [5.74, 6) is 0.104. The zero-order valence-electron chi connectivity index (χ0n) is 37.4. The highest BCUT2D eigenvalue weighted by Crippen LogP contribution is 2.32. The van der Waals surface area contributed by atoms with Crippen molar-refractivity contribution in [2.45, 2.75) is 70.4 Å². The van der Waals surface area contributed by atoms with Gasteiger partial charge in [-0.15, -0.1) is 0 Å². The van der Waals surface area contributed by atoms with E-state index in [2.05, 4.69) is 39.7 Å². The first-order chi connectivity index (χ1) is 30.8. The lowest BCUT2D eigenvalue weighted by Gasteiger charge is -2.39. The van der Waals surface area contributed by atoms with Gasteiger partial charge in [0.2, 0.25) is 12.4 Å². The normalized spacial score (nSPS) is 15.4. The Kier molecular flexibility index (Phi) is 16.6. The Balaban J connectivity index is 0.00000163. The third-order valence-corrected chi connectivity index (χ3v) is 12.9. The van der Waals surface area contributed by atoms with Crippen LogP contribution in [0.25, 0.3) is 22.3 Å². The van der Waals surface area contributed by atoms with E-state index in [0.29, 0.717) is 53.2 Å². The van der Waals surface area contributed by atoms with Gasteiger partial charge in [-0.3, -0.25) is 14.4 Å². The van der Waals surface area contributed by atoms with Gasteiger partial charge in [0, 0.05) is 106 Å². The molecular formula is C47H58F2N10O4S. The number of carbonyl (C=O) groups excluding carboxylic acids is 4. The van der Waals surface area contributed by atoms with E-state index in [9.17, 15) is 14.4 Å². The summed E-state index contributed by atoms with van der Waals surface area (Å²) in [5.41, 5.74) is 3.64. The number of imidazole rings is 1. The molecule has 2 aliphatic rings. The van der Waals surface area contributed by atoms with Gasteiger partial charge in [-0.1, -0.05) is 0 Å². The molecule has 4 heterocycles. The highest BCUT2D eigenvalue weighted by Gasteiger charge is 2.27. The number of piperidine rings is 1. The second-order valence-electron chi connectivity index (χ2n) is 16.5. The number of nitrogens with one attached hydrogen (secondary N) is 2. The van der Waals surface area contributed by atoms with Crippen LogP contribution in [-0.4, -0.2) is 124 Å². The van der Waals surface area contributed by atoms with Crippen LogP contribution in [0.2, 0.25) is 0 Å². The van der Waals surface area contributed by atoms with Crippen LogP contribution in [0.5, 0.6) is 0 Å². The van der Waals surface area contributed by atoms with Crippen LogP contribution in [-0.2, 0) is 9.59 Å². The monoisotopic (exact) mass is 896 g/mol. The lowest BCUT2D eigenvalue weighted by atomic mass is 9.95. The Morgan fingerprint density at radius 1 is 0.938 bits per heavy atom. The quantitative estimate of drug-likeness (QED) is 0.0744. The third-order valence-electron chi connectivity index (χ3n) is 11.8. The molecular weight excluding hydrogens is 839 g/mol. The number of fused-ring (bicyclic) bond motifs is 1. The topological polar surface area (TPSA) is 149 Å². The predicted molar refractivity (Wildman–Crippen MR) is 248 cm³/mol. The van der Waals surface area contributed by atoms with Crippen molar-refractivity contribution in [1.29, 1.82) is 0 Å². The number of halogens is 2. The molecule has 2 aromatic heterocycles. The molecule has 2 saturated heterocycles. The molecule has 0 bridgehead atoms. The average molecular weight is 897 g/mol. The van der Waals surface area contributed by atoms with Gasteiger partial charge in [0.1, 0.15) is 23.3 Å². The van der Waals surface area contributed by atoms with Crippen molar-refractivity contribution in [3.63, 3.8) is 0 Å². The summed E-state index contributed by atoms with van der Waals surface area (Å²) in [6.07, 6.45) is 6.40. The highest BCUT2D eigenvalue weighted by molar-refractivity contribution is 7.97. The second kappa shape index (κ2) is 22.2. The predicted octanol–water partition coefficient (Wildman–Crippen LogP) is 7.56. The number of aldehydes is 2. The fourth-order valence-electron chi connectivity index (χ4n) is 8.23. The van der Waals surface area contributed by atoms with Crippen molar-refractivity contribution in [2.75, 3.05) is 70.1 Å². The summed E-state index contributed by atoms with van der Waals surface area (Å²) < 4.78 is 34.5. The first-order valence-electron chi connectivity index (χ1n) is 21.7. The summed E-state index contributed by atoms with van der Waals surface area (Å²) >= 11 is 1.73. The molecule has 7 rings (SSSR count). The van der Waals surface area contributed by atoms with Gasteiger partial charge >= 0.3 is 0 Å². The smallest absolute Gasteiger partial charge is 0.254 e. The molecule has 0 aliphatic carbocycles. The van der Waals surface area contributed by atoms with Crippen LogP contribution in [0.4, 0.5) is 26.1 Å². The maximum atomic E-state index is 15.2. The van der Waals surface area contributed by atoms with E-state index < -0.39 is 11.6 Å². The van der Waals surface area contributed by atoms with Crippen LogP contribution in [0, 0.1) is 24.5 Å². The third kappa shape index (κ3) is 11.7. The number of rotatable bonds is 16. The molecule has 0 radical (unpaired) electrons. The molecule has 2 N–H and O–H groups in total. The standard InChI is InChI=1S/C45H53F2N9O3S.C2H5NO/c1-29(2)56-31(4)49-43-39(46)23-34(24-41(43)56)42-40(47)26-48-45(51-42)50-35-9-12-37(13-10-35)60-55-20-18-53(19-21-55)27-32-14-16-54(17-15-32)36-11-8-33(28-58)38(25-36)44(59)52(5)30(3)7-6-22-57;1-3-2-4/h8-13,22-26,28-30,32H,6-7,14-21,27H2,1-5H3,(H,48,50,51);2H,1H3,(H,3,4). The van der Waals surface area contributed by atoms with Crippen molar-refractivity contribution in [3.05, 3.63) is 89.4 Å². The minimum atomic E-state index is -0.643. The molecule has 64 heavy (non-hydrogen) atoms. The van der Waals surface area contributed by atoms with Gasteiger partial charge in [-0.25, -0.2) is 28.0 Å². The molecule has 2 amide bonds. The molecule has 2 fully saturated rings. The average Bonchev–Trinajstić information content (AvgIpc) is 3.66. The number of hydrogen-bond acceptors (Lipinski definition) is 12. The molecule has 0 saturated carbocycles. The summed E-state index contributed by atoms with van der Waals surface area (Å²) in [4.78, 5) is 65.7. The maximum Gasteiger partial charge on any atom is 0.254 e. The van der Waals surface area contributed by atoms with E-state index in [-0.39, 0.29) is 35.1 Å².